The average Bonchev–Trinajstić information content (AvgIpc) is 3.05. The van der Waals surface area contributed by atoms with Crippen molar-refractivity contribution in [2.45, 2.75) is 12.5 Å². The molecule has 0 N–H and O–H groups in total. The summed E-state index contributed by atoms with van der Waals surface area (Å²) in [6.45, 7) is 0.206. The van der Waals surface area contributed by atoms with Gasteiger partial charge in [0.2, 0.25) is 6.79 Å². The summed E-state index contributed by atoms with van der Waals surface area (Å²) in [6, 6.07) is 12.7. The lowest BCUT2D eigenvalue weighted by atomic mass is 10.1. The number of aliphatic imine (C=N–C) groups is 1. The van der Waals surface area contributed by atoms with Gasteiger partial charge >= 0.3 is 5.97 Å². The van der Waals surface area contributed by atoms with E-state index < -0.39 is 6.04 Å². The van der Waals surface area contributed by atoms with Crippen LogP contribution >= 0.6 is 15.9 Å². The summed E-state index contributed by atoms with van der Waals surface area (Å²) in [4.78, 5) is 16.5. The maximum absolute atomic E-state index is 12.1. The molecular weight excluding hydrogens is 374 g/mol. The van der Waals surface area contributed by atoms with E-state index in [1.165, 1.54) is 7.11 Å². The molecule has 0 aromatic heterocycles. The van der Waals surface area contributed by atoms with Crippen LogP contribution in [-0.4, -0.2) is 32.1 Å². The Morgan fingerprint density at radius 3 is 2.71 bits per heavy atom. The number of nitrogens with zero attached hydrogens (tertiary/aromatic N) is 1. The van der Waals surface area contributed by atoms with E-state index in [1.807, 2.05) is 42.5 Å². The molecule has 1 unspecified atom stereocenters. The summed E-state index contributed by atoms with van der Waals surface area (Å²) in [5.74, 6) is 0.976. The number of ether oxygens (including phenoxy) is 3. The van der Waals surface area contributed by atoms with Gasteiger partial charge in [0.05, 0.1) is 7.11 Å². The average molecular weight is 390 g/mol. The number of halogens is 1. The van der Waals surface area contributed by atoms with E-state index in [-0.39, 0.29) is 12.8 Å². The van der Waals surface area contributed by atoms with Crippen molar-refractivity contribution in [1.82, 2.24) is 0 Å². The Bertz CT molecular complexity index is 761. The molecule has 5 nitrogen and oxygen atoms in total. The first-order chi connectivity index (χ1) is 11.7. The highest BCUT2D eigenvalue weighted by atomic mass is 79.9. The van der Waals surface area contributed by atoms with E-state index in [1.54, 1.807) is 6.21 Å². The monoisotopic (exact) mass is 389 g/mol. The van der Waals surface area contributed by atoms with Crippen LogP contribution in [-0.2, 0) is 16.0 Å². The molecule has 6 heteroatoms. The lowest BCUT2D eigenvalue weighted by Gasteiger charge is -2.12. The fraction of sp³-hybridized carbons (Fsp3) is 0.222. The third-order valence-corrected chi connectivity index (χ3v) is 4.37. The minimum atomic E-state index is -0.633. The molecule has 0 saturated heterocycles. The van der Waals surface area contributed by atoms with Crippen molar-refractivity contribution >= 4 is 28.1 Å². The SMILES string of the molecule is COC(=O)C(Cc1cc2c(cc1Br)OCO2)N=Cc1ccccc1. The molecule has 3 rings (SSSR count). The summed E-state index contributed by atoms with van der Waals surface area (Å²) < 4.78 is 16.5. The van der Waals surface area contributed by atoms with Gasteiger partial charge in [-0.25, -0.2) is 4.79 Å². The van der Waals surface area contributed by atoms with Crippen LogP contribution < -0.4 is 9.47 Å². The Kier molecular flexibility index (Phi) is 5.15. The highest BCUT2D eigenvalue weighted by Crippen LogP contribution is 2.37. The van der Waals surface area contributed by atoms with Crippen LogP contribution in [0.25, 0.3) is 0 Å². The van der Waals surface area contributed by atoms with Gasteiger partial charge in [-0.1, -0.05) is 46.3 Å². The number of carbonyl (C=O) groups excluding carboxylic acids is 1. The highest BCUT2D eigenvalue weighted by molar-refractivity contribution is 9.10. The van der Waals surface area contributed by atoms with Gasteiger partial charge in [0.25, 0.3) is 0 Å². The molecule has 1 aliphatic rings. The summed E-state index contributed by atoms with van der Waals surface area (Å²) >= 11 is 3.51. The standard InChI is InChI=1S/C18H16BrNO4/c1-22-18(21)15(20-10-12-5-3-2-4-6-12)7-13-8-16-17(9-14(13)19)24-11-23-16/h2-6,8-10,15H,7,11H2,1H3. The van der Waals surface area contributed by atoms with Crippen LogP contribution in [0.1, 0.15) is 11.1 Å². The van der Waals surface area contributed by atoms with Crippen molar-refractivity contribution in [3.8, 4) is 11.5 Å². The second kappa shape index (κ2) is 7.49. The van der Waals surface area contributed by atoms with Crippen LogP contribution in [0.15, 0.2) is 51.9 Å². The smallest absolute Gasteiger partial charge is 0.330 e. The first-order valence-electron chi connectivity index (χ1n) is 7.41. The first-order valence-corrected chi connectivity index (χ1v) is 8.21. The Labute approximate surface area is 148 Å². The number of benzene rings is 2. The fourth-order valence-electron chi connectivity index (χ4n) is 2.37. The normalized spacial score (nSPS) is 13.9. The molecule has 0 radical (unpaired) electrons. The van der Waals surface area contributed by atoms with Gasteiger partial charge in [-0.05, 0) is 23.3 Å². The van der Waals surface area contributed by atoms with Crippen LogP contribution in [0, 0.1) is 0 Å². The number of hydrogen-bond donors (Lipinski definition) is 0. The van der Waals surface area contributed by atoms with Gasteiger partial charge in [0.15, 0.2) is 17.5 Å². The zero-order valence-electron chi connectivity index (χ0n) is 13.1. The Hall–Kier alpha value is -2.34. The van der Waals surface area contributed by atoms with Crippen molar-refractivity contribution in [3.05, 3.63) is 58.1 Å². The number of methoxy groups -OCH3 is 1. The number of esters is 1. The Morgan fingerprint density at radius 1 is 1.29 bits per heavy atom. The fourth-order valence-corrected chi connectivity index (χ4v) is 2.86. The van der Waals surface area contributed by atoms with E-state index in [9.17, 15) is 4.79 Å². The lowest BCUT2D eigenvalue weighted by molar-refractivity contribution is -0.142. The molecule has 0 bridgehead atoms. The zero-order chi connectivity index (χ0) is 16.9. The predicted octanol–water partition coefficient (Wildman–Crippen LogP) is 3.38. The predicted molar refractivity (Wildman–Crippen MR) is 93.8 cm³/mol. The van der Waals surface area contributed by atoms with Crippen molar-refractivity contribution in [1.29, 1.82) is 0 Å². The second-order valence-electron chi connectivity index (χ2n) is 5.23. The van der Waals surface area contributed by atoms with E-state index >= 15 is 0 Å². The van der Waals surface area contributed by atoms with Crippen LogP contribution in [0.4, 0.5) is 0 Å². The molecule has 0 fully saturated rings. The summed E-state index contributed by atoms with van der Waals surface area (Å²) in [5.41, 5.74) is 1.83. The molecule has 124 valence electrons. The van der Waals surface area contributed by atoms with Crippen LogP contribution in [0.2, 0.25) is 0 Å². The van der Waals surface area contributed by atoms with E-state index in [4.69, 9.17) is 14.2 Å². The molecule has 1 atom stereocenters. The van der Waals surface area contributed by atoms with Gasteiger partial charge in [0, 0.05) is 17.1 Å². The molecule has 2 aromatic carbocycles. The first kappa shape index (κ1) is 16.5. The van der Waals surface area contributed by atoms with Crippen molar-refractivity contribution in [2.24, 2.45) is 4.99 Å². The molecule has 1 heterocycles. The maximum Gasteiger partial charge on any atom is 0.330 e. The minimum Gasteiger partial charge on any atom is -0.467 e. The van der Waals surface area contributed by atoms with E-state index in [0.29, 0.717) is 17.9 Å². The van der Waals surface area contributed by atoms with Gasteiger partial charge in [0.1, 0.15) is 0 Å². The molecule has 0 saturated carbocycles. The minimum absolute atomic E-state index is 0.206. The molecule has 2 aromatic rings. The molecule has 0 spiro atoms. The lowest BCUT2D eigenvalue weighted by Crippen LogP contribution is -2.23. The second-order valence-corrected chi connectivity index (χ2v) is 6.08. The molecular formula is C18H16BrNO4. The van der Waals surface area contributed by atoms with Crippen LogP contribution in [0.5, 0.6) is 11.5 Å². The molecule has 1 aliphatic heterocycles. The third-order valence-electron chi connectivity index (χ3n) is 3.63. The maximum atomic E-state index is 12.1. The quantitative estimate of drug-likeness (QED) is 0.580. The van der Waals surface area contributed by atoms with Gasteiger partial charge in [-0.15, -0.1) is 0 Å². The number of rotatable bonds is 5. The van der Waals surface area contributed by atoms with Crippen molar-refractivity contribution < 1.29 is 19.0 Å². The van der Waals surface area contributed by atoms with Crippen molar-refractivity contribution in [2.75, 3.05) is 13.9 Å². The van der Waals surface area contributed by atoms with Crippen molar-refractivity contribution in [3.63, 3.8) is 0 Å². The van der Waals surface area contributed by atoms with E-state index in [2.05, 4.69) is 20.9 Å². The molecule has 0 aliphatic carbocycles. The summed E-state index contributed by atoms with van der Waals surface area (Å²) in [7, 11) is 1.36. The largest absolute Gasteiger partial charge is 0.467 e. The number of carbonyl (C=O) groups is 1. The van der Waals surface area contributed by atoms with Gasteiger partial charge in [-0.3, -0.25) is 4.99 Å². The third kappa shape index (κ3) is 3.76. The van der Waals surface area contributed by atoms with E-state index in [0.717, 1.165) is 15.6 Å². The molecule has 24 heavy (non-hydrogen) atoms. The topological polar surface area (TPSA) is 57.1 Å². The summed E-state index contributed by atoms with van der Waals surface area (Å²) in [5, 5.41) is 0. The number of fused-ring (bicyclic) bond motifs is 1. The van der Waals surface area contributed by atoms with Crippen LogP contribution in [0.3, 0.4) is 0 Å². The molecule has 0 amide bonds. The Morgan fingerprint density at radius 2 is 2.00 bits per heavy atom. The summed E-state index contributed by atoms with van der Waals surface area (Å²) in [6.07, 6.45) is 2.08. The highest BCUT2D eigenvalue weighted by Gasteiger charge is 2.22. The Balaban J connectivity index is 1.82. The van der Waals surface area contributed by atoms with Gasteiger partial charge in [-0.2, -0.15) is 0 Å². The number of hydrogen-bond acceptors (Lipinski definition) is 5. The van der Waals surface area contributed by atoms with Gasteiger partial charge < -0.3 is 14.2 Å². The zero-order valence-corrected chi connectivity index (χ0v) is 14.7.